The second-order valence-corrected chi connectivity index (χ2v) is 26.5. The van der Waals surface area contributed by atoms with Crippen LogP contribution in [-0.4, -0.2) is 116 Å². The van der Waals surface area contributed by atoms with Crippen LogP contribution in [0.15, 0.2) is 127 Å². The predicted molar refractivity (Wildman–Crippen MR) is 292 cm³/mol. The molecule has 0 radical (unpaired) electrons. The molecule has 75 heavy (non-hydrogen) atoms. The van der Waals surface area contributed by atoms with Crippen LogP contribution in [0.4, 0.5) is 28.4 Å². The summed E-state index contributed by atoms with van der Waals surface area (Å²) in [5, 5.41) is 17.5. The van der Waals surface area contributed by atoms with Crippen LogP contribution < -0.4 is 35.1 Å². The van der Waals surface area contributed by atoms with Crippen LogP contribution in [0.3, 0.4) is 0 Å². The third-order valence-corrected chi connectivity index (χ3v) is 20.5. The highest BCUT2D eigenvalue weighted by molar-refractivity contribution is 6.71. The third kappa shape index (κ3) is 8.01. The van der Waals surface area contributed by atoms with Crippen LogP contribution in [0.25, 0.3) is 0 Å². The van der Waals surface area contributed by atoms with E-state index < -0.39 is 48.6 Å². The van der Waals surface area contributed by atoms with Crippen LogP contribution in [0, 0.1) is 5.92 Å². The van der Waals surface area contributed by atoms with E-state index in [9.17, 15) is 19.5 Å². The number of aliphatic hydroxyl groups excluding tert-OH is 1. The number of benzene rings is 5. The molecule has 5 fully saturated rings. The second kappa shape index (κ2) is 19.0. The fraction of sp³-hybridized carbons (Fsp3) is 0.424. The highest BCUT2D eigenvalue weighted by Gasteiger charge is 2.67. The van der Waals surface area contributed by atoms with Crippen molar-refractivity contribution < 1.29 is 33.8 Å². The number of hydrogen-bond donors (Lipinski definition) is 4. The summed E-state index contributed by atoms with van der Waals surface area (Å²) in [7, 11) is -3.23. The number of amides is 4. The zero-order chi connectivity index (χ0) is 51.9. The molecule has 12 rings (SSSR count). The van der Waals surface area contributed by atoms with E-state index >= 15 is 9.59 Å². The van der Waals surface area contributed by atoms with Crippen molar-refractivity contribution in [2.45, 2.75) is 106 Å². The molecule has 5 aromatic carbocycles. The maximum atomic E-state index is 16.0. The van der Waals surface area contributed by atoms with E-state index in [-0.39, 0.29) is 43.2 Å². The van der Waals surface area contributed by atoms with Gasteiger partial charge in [-0.05, 0) is 143 Å². The first kappa shape index (κ1) is 49.5. The Bertz CT molecular complexity index is 3020. The Morgan fingerprint density at radius 3 is 1.80 bits per heavy atom. The number of hydrogen-bond acceptors (Lipinski definition) is 11. The number of rotatable bonds is 10. The van der Waals surface area contributed by atoms with Gasteiger partial charge in [0.1, 0.15) is 11.1 Å². The summed E-state index contributed by atoms with van der Waals surface area (Å²) >= 11 is 0. The number of anilines is 5. The zero-order valence-corrected chi connectivity index (χ0v) is 44.2. The van der Waals surface area contributed by atoms with Gasteiger partial charge in [-0.3, -0.25) is 29.0 Å². The van der Waals surface area contributed by atoms with E-state index in [0.717, 1.165) is 46.8 Å². The van der Waals surface area contributed by atoms with E-state index in [1.807, 2.05) is 133 Å². The van der Waals surface area contributed by atoms with Gasteiger partial charge in [0.2, 0.25) is 5.91 Å². The van der Waals surface area contributed by atoms with Gasteiger partial charge in [0.15, 0.2) is 13.9 Å². The number of para-hydroxylation sites is 2. The smallest absolute Gasteiger partial charge is 0.264 e. The van der Waals surface area contributed by atoms with Gasteiger partial charge in [0, 0.05) is 46.3 Å². The van der Waals surface area contributed by atoms with Gasteiger partial charge in [0.05, 0.1) is 50.7 Å². The number of aliphatic hydroxyl groups is 1. The summed E-state index contributed by atoms with van der Waals surface area (Å²) in [6.07, 6.45) is 2.22. The molecule has 15 nitrogen and oxygen atoms in total. The maximum Gasteiger partial charge on any atom is 0.264 e. The number of ether oxygens (including phenoxy) is 1. The first-order valence-electron chi connectivity index (χ1n) is 26.9. The summed E-state index contributed by atoms with van der Waals surface area (Å²) in [5.41, 5.74) is 3.86. The van der Waals surface area contributed by atoms with Gasteiger partial charge < -0.3 is 44.9 Å². The molecule has 4 N–H and O–H groups in total. The van der Waals surface area contributed by atoms with Crippen LogP contribution in [0.2, 0.25) is 18.6 Å². The molecule has 0 unspecified atom stereocenters. The minimum absolute atomic E-state index is 0.000544. The van der Waals surface area contributed by atoms with Gasteiger partial charge in [-0.2, -0.15) is 0 Å². The van der Waals surface area contributed by atoms with Crippen molar-refractivity contribution >= 4 is 60.4 Å². The van der Waals surface area contributed by atoms with Crippen molar-refractivity contribution in [3.8, 4) is 0 Å². The number of fused-ring (bicyclic) bond motifs is 3. The SMILES string of the molecule is C[C@@H]1[C@@H]([Si](C)(C)O)[C@H](CC(=O)N2Cc3ccccc3C[C@H]2CO)O[C@@]12C(=O)N(Cc1cccc(N3CN(c4ccccc4)C4(CCNCC4)C3=O)c1)c1ccc(N3CN(c4ccccc4)C4(CCNCC4)C3=O)cc12. The third-order valence-electron chi connectivity index (χ3n) is 18.0. The predicted octanol–water partition coefficient (Wildman–Crippen LogP) is 6.23. The quantitative estimate of drug-likeness (QED) is 0.118. The average Bonchev–Trinajstić information content (AvgIpc) is 4.07. The Morgan fingerprint density at radius 1 is 0.680 bits per heavy atom. The summed E-state index contributed by atoms with van der Waals surface area (Å²) < 4.78 is 7.34. The fourth-order valence-corrected chi connectivity index (χ4v) is 16.8. The molecule has 0 bridgehead atoms. The number of nitrogens with zero attached hydrogens (tertiary/aromatic N) is 6. The standard InChI is InChI=1S/C59H68N8O7Si/c1-40-53(75(2,3)73)51(34-52(69)62-36-43-15-11-10-14-42(43)32-48(62)37-68)74-59(40)49-33-47(65-39-67(45-18-8-5-9-19-45)58(55(65)71)25-29-61-30-26-58)21-22-50(49)63(56(59)72)35-41-13-12-20-46(31-41)64-38-66(44-16-6-4-7-17-44)57(54(64)70)23-27-60-28-24-57/h4-22,31,33,40,48,51,53,60-61,68,73H,23-30,32,34-39H2,1-3H3/t40-,48+,51+,53-,59+/m1/s1. The number of nitrogens with one attached hydrogen (secondary N) is 2. The highest BCUT2D eigenvalue weighted by Crippen LogP contribution is 2.61. The molecule has 16 heteroatoms. The molecule has 390 valence electrons. The van der Waals surface area contributed by atoms with Crippen LogP contribution in [0.1, 0.15) is 61.3 Å². The summed E-state index contributed by atoms with van der Waals surface area (Å²) in [5.74, 6) is -1.05. The van der Waals surface area contributed by atoms with Crippen molar-refractivity contribution in [3.05, 3.63) is 150 Å². The van der Waals surface area contributed by atoms with Crippen molar-refractivity contribution in [3.63, 3.8) is 0 Å². The molecule has 7 aliphatic rings. The lowest BCUT2D eigenvalue weighted by Crippen LogP contribution is -2.55. The van der Waals surface area contributed by atoms with E-state index in [1.165, 1.54) is 0 Å². The molecular formula is C59H68N8O7Si. The van der Waals surface area contributed by atoms with Crippen molar-refractivity contribution in [1.29, 1.82) is 0 Å². The number of carbonyl (C=O) groups excluding carboxylic acids is 4. The van der Waals surface area contributed by atoms with Crippen molar-refractivity contribution in [2.75, 3.05) is 70.6 Å². The van der Waals surface area contributed by atoms with E-state index in [4.69, 9.17) is 4.74 Å². The van der Waals surface area contributed by atoms with Crippen molar-refractivity contribution in [2.24, 2.45) is 5.92 Å². The lowest BCUT2D eigenvalue weighted by molar-refractivity contribution is -0.151. The second-order valence-electron chi connectivity index (χ2n) is 22.5. The topological polar surface area (TPSA) is 161 Å². The molecular weight excluding hydrogens is 961 g/mol. The molecule has 0 aliphatic carbocycles. The summed E-state index contributed by atoms with van der Waals surface area (Å²) in [4.78, 5) is 84.8. The first-order valence-corrected chi connectivity index (χ1v) is 29.9. The number of carbonyl (C=O) groups is 4. The molecule has 5 aromatic rings. The molecule has 7 heterocycles. The Kier molecular flexibility index (Phi) is 12.5. The monoisotopic (exact) mass is 1030 g/mol. The van der Waals surface area contributed by atoms with Crippen LogP contribution >= 0.6 is 0 Å². The maximum absolute atomic E-state index is 16.0. The van der Waals surface area contributed by atoms with Gasteiger partial charge in [-0.1, -0.05) is 79.7 Å². The molecule has 5 saturated heterocycles. The molecule has 0 saturated carbocycles. The Hall–Kier alpha value is -6.40. The van der Waals surface area contributed by atoms with Crippen LogP contribution in [-0.2, 0) is 49.0 Å². The lowest BCUT2D eigenvalue weighted by Gasteiger charge is -2.39. The van der Waals surface area contributed by atoms with Crippen LogP contribution in [0.5, 0.6) is 0 Å². The molecule has 0 aromatic heterocycles. The molecule has 4 amide bonds. The minimum Gasteiger partial charge on any atom is -0.432 e. The van der Waals surface area contributed by atoms with Gasteiger partial charge in [-0.25, -0.2) is 0 Å². The van der Waals surface area contributed by atoms with E-state index in [0.29, 0.717) is 82.0 Å². The Morgan fingerprint density at radius 2 is 1.23 bits per heavy atom. The highest BCUT2D eigenvalue weighted by atomic mass is 28.4. The van der Waals surface area contributed by atoms with Crippen molar-refractivity contribution in [1.82, 2.24) is 15.5 Å². The Labute approximate surface area is 440 Å². The van der Waals surface area contributed by atoms with Gasteiger partial charge in [0.25, 0.3) is 17.7 Å². The average molecular weight is 1030 g/mol. The summed E-state index contributed by atoms with van der Waals surface area (Å²) in [6.45, 7) is 9.54. The molecule has 7 aliphatic heterocycles. The lowest BCUT2D eigenvalue weighted by atomic mass is 9.82. The van der Waals surface area contributed by atoms with Gasteiger partial charge in [-0.15, -0.1) is 0 Å². The molecule has 3 spiro atoms. The normalized spacial score (nSPS) is 26.1. The van der Waals surface area contributed by atoms with E-state index in [2.05, 4.69) is 44.7 Å². The Balaban J connectivity index is 0.923. The van der Waals surface area contributed by atoms with E-state index in [1.54, 1.807) is 9.80 Å². The largest absolute Gasteiger partial charge is 0.432 e. The first-order chi connectivity index (χ1) is 36.3. The number of piperidine rings is 2. The summed E-state index contributed by atoms with van der Waals surface area (Å²) in [6, 6.07) is 41.5. The zero-order valence-electron chi connectivity index (χ0n) is 43.2. The fourth-order valence-electron chi connectivity index (χ4n) is 14.3. The van der Waals surface area contributed by atoms with Gasteiger partial charge >= 0.3 is 0 Å². The minimum atomic E-state index is -3.23. The molecule has 5 atom stereocenters.